The van der Waals surface area contributed by atoms with Crippen molar-refractivity contribution in [2.75, 3.05) is 19.0 Å². The van der Waals surface area contributed by atoms with Gasteiger partial charge in [-0.1, -0.05) is 25.0 Å². The van der Waals surface area contributed by atoms with E-state index in [1.165, 1.54) is 18.9 Å². The predicted octanol–water partition coefficient (Wildman–Crippen LogP) is 4.02. The zero-order valence-corrected chi connectivity index (χ0v) is 22.3. The van der Waals surface area contributed by atoms with Crippen LogP contribution >= 0.6 is 0 Å². The molecule has 1 saturated carbocycles. The lowest BCUT2D eigenvalue weighted by Gasteiger charge is -2.38. The van der Waals surface area contributed by atoms with Crippen LogP contribution in [0.25, 0.3) is 0 Å². The largest absolute Gasteiger partial charge is 0.598 e. The summed E-state index contributed by atoms with van der Waals surface area (Å²) in [5.41, 5.74) is 0.607. The second kappa shape index (κ2) is 11.1. The molecule has 0 radical (unpaired) electrons. The minimum Gasteiger partial charge on any atom is -0.598 e. The maximum Gasteiger partial charge on any atom is 0.241 e. The average Bonchev–Trinajstić information content (AvgIpc) is 3.56. The maximum atomic E-state index is 15.0. The van der Waals surface area contributed by atoms with Crippen molar-refractivity contribution in [2.45, 2.75) is 75.3 Å². The standard InChI is InChI=1S/C27H37FN4O3S/c1-26(2,3)36(34)32-27(13-12-18-8-9-18,24-7-5-6-14-29-24)19-10-11-21(28)22(15-19)31-25(33)23-16-20(35-4)17-30-23/h5-7,10-11,14-15,18,20,23,30,32H,8-9,12-13,16-17H2,1-4H3,(H,31,33)/t20-,23-,27?,36+/m1/s1. The molecule has 4 rings (SSSR count). The van der Waals surface area contributed by atoms with E-state index in [0.29, 0.717) is 36.6 Å². The smallest absolute Gasteiger partial charge is 0.241 e. The maximum absolute atomic E-state index is 15.0. The van der Waals surface area contributed by atoms with Gasteiger partial charge in [0.25, 0.3) is 0 Å². The van der Waals surface area contributed by atoms with Crippen LogP contribution in [0.2, 0.25) is 0 Å². The summed E-state index contributed by atoms with van der Waals surface area (Å²) in [5, 5.41) is 5.89. The monoisotopic (exact) mass is 516 g/mol. The van der Waals surface area contributed by atoms with E-state index in [0.717, 1.165) is 6.42 Å². The summed E-state index contributed by atoms with van der Waals surface area (Å²) in [4.78, 5) is 17.6. The number of benzene rings is 1. The van der Waals surface area contributed by atoms with Crippen LogP contribution in [0.1, 0.15) is 64.1 Å². The summed E-state index contributed by atoms with van der Waals surface area (Å²) >= 11 is -1.43. The van der Waals surface area contributed by atoms with Gasteiger partial charge in [0.1, 0.15) is 16.1 Å². The Kier molecular flexibility index (Phi) is 8.36. The Labute approximate surface area is 216 Å². The highest BCUT2D eigenvalue weighted by Gasteiger charge is 2.44. The third-order valence-electron chi connectivity index (χ3n) is 7.01. The molecule has 1 aliphatic heterocycles. The van der Waals surface area contributed by atoms with Crippen LogP contribution in [0.5, 0.6) is 0 Å². The molecular weight excluding hydrogens is 479 g/mol. The summed E-state index contributed by atoms with van der Waals surface area (Å²) in [6.45, 7) is 6.32. The van der Waals surface area contributed by atoms with E-state index in [-0.39, 0.29) is 17.7 Å². The Hall–Kier alpha value is -2.04. The molecule has 196 valence electrons. The first-order valence-electron chi connectivity index (χ1n) is 12.6. The molecule has 1 aromatic carbocycles. The summed E-state index contributed by atoms with van der Waals surface area (Å²) in [7, 11) is 1.61. The van der Waals surface area contributed by atoms with E-state index >= 15 is 0 Å². The number of anilines is 1. The second-order valence-electron chi connectivity index (χ2n) is 10.8. The molecule has 1 aliphatic carbocycles. The van der Waals surface area contributed by atoms with E-state index in [4.69, 9.17) is 4.74 Å². The Bertz CT molecular complexity index is 1050. The van der Waals surface area contributed by atoms with Crippen molar-refractivity contribution >= 4 is 23.0 Å². The highest BCUT2D eigenvalue weighted by molar-refractivity contribution is 7.90. The Balaban J connectivity index is 1.71. The lowest BCUT2D eigenvalue weighted by atomic mass is 9.82. The van der Waals surface area contributed by atoms with E-state index in [2.05, 4.69) is 20.3 Å². The highest BCUT2D eigenvalue weighted by Crippen LogP contribution is 2.42. The number of nitrogens with one attached hydrogen (secondary N) is 3. The number of hydrogen-bond donors (Lipinski definition) is 3. The van der Waals surface area contributed by atoms with Crippen molar-refractivity contribution in [3.05, 3.63) is 59.7 Å². The number of pyridine rings is 1. The number of nitrogens with zero attached hydrogens (tertiary/aromatic N) is 1. The van der Waals surface area contributed by atoms with E-state index < -0.39 is 33.5 Å². The number of methoxy groups -OCH3 is 1. The third-order valence-corrected chi connectivity index (χ3v) is 8.65. The van der Waals surface area contributed by atoms with Gasteiger partial charge in [0.15, 0.2) is 0 Å². The van der Waals surface area contributed by atoms with Crippen molar-refractivity contribution in [2.24, 2.45) is 5.92 Å². The second-order valence-corrected chi connectivity index (χ2v) is 12.8. The molecule has 3 N–H and O–H groups in total. The zero-order valence-electron chi connectivity index (χ0n) is 21.5. The minimum atomic E-state index is -1.43. The number of rotatable bonds is 10. The van der Waals surface area contributed by atoms with Gasteiger partial charge in [-0.25, -0.2) is 4.39 Å². The van der Waals surface area contributed by atoms with E-state index in [9.17, 15) is 13.7 Å². The van der Waals surface area contributed by atoms with Crippen molar-refractivity contribution in [1.29, 1.82) is 0 Å². The number of halogens is 1. The van der Waals surface area contributed by atoms with Crippen molar-refractivity contribution in [3.8, 4) is 0 Å². The van der Waals surface area contributed by atoms with Crippen molar-refractivity contribution in [3.63, 3.8) is 0 Å². The molecule has 1 saturated heterocycles. The molecule has 0 spiro atoms. The van der Waals surface area contributed by atoms with Gasteiger partial charge in [-0.2, -0.15) is 0 Å². The molecule has 36 heavy (non-hydrogen) atoms. The molecule has 0 bridgehead atoms. The first kappa shape index (κ1) is 27.0. The average molecular weight is 517 g/mol. The van der Waals surface area contributed by atoms with E-state index in [1.807, 2.05) is 39.0 Å². The molecule has 7 nitrogen and oxygen atoms in total. The molecular formula is C27H37FN4O3S. The van der Waals surface area contributed by atoms with Gasteiger partial charge in [-0.15, -0.1) is 4.72 Å². The van der Waals surface area contributed by atoms with Crippen LogP contribution in [0.3, 0.4) is 0 Å². The van der Waals surface area contributed by atoms with Crippen LogP contribution in [0.4, 0.5) is 10.1 Å². The van der Waals surface area contributed by atoms with Crippen LogP contribution in [0, 0.1) is 11.7 Å². The fourth-order valence-corrected chi connectivity index (χ4v) is 5.47. The molecule has 1 unspecified atom stereocenters. The van der Waals surface area contributed by atoms with Crippen molar-refractivity contribution in [1.82, 2.24) is 15.0 Å². The Morgan fingerprint density at radius 1 is 1.28 bits per heavy atom. The minimum absolute atomic E-state index is 0.0484. The predicted molar refractivity (Wildman–Crippen MR) is 140 cm³/mol. The molecule has 1 amide bonds. The normalized spacial score (nSPS) is 22.7. The number of ether oxygens (including phenoxy) is 1. The quantitative estimate of drug-likeness (QED) is 0.413. The molecule has 2 aromatic rings. The summed E-state index contributed by atoms with van der Waals surface area (Å²) in [5.74, 6) is -0.208. The summed E-state index contributed by atoms with van der Waals surface area (Å²) < 4.78 is 36.6. The summed E-state index contributed by atoms with van der Waals surface area (Å²) in [6.07, 6.45) is 6.13. The highest BCUT2D eigenvalue weighted by atomic mass is 32.2. The summed E-state index contributed by atoms with van der Waals surface area (Å²) in [6, 6.07) is 9.92. The van der Waals surface area contributed by atoms with Crippen LogP contribution in [-0.2, 0) is 26.4 Å². The van der Waals surface area contributed by atoms with Crippen molar-refractivity contribution < 1.29 is 18.5 Å². The van der Waals surface area contributed by atoms with Crippen LogP contribution in [0.15, 0.2) is 42.6 Å². The number of hydrogen-bond acceptors (Lipinski definition) is 6. The third kappa shape index (κ3) is 6.26. The lowest BCUT2D eigenvalue weighted by molar-refractivity contribution is -0.118. The molecule has 2 heterocycles. The number of aromatic nitrogens is 1. The zero-order chi connectivity index (χ0) is 25.9. The number of carbonyl (C=O) groups excluding carboxylic acids is 1. The van der Waals surface area contributed by atoms with Gasteiger partial charge >= 0.3 is 0 Å². The van der Waals surface area contributed by atoms with Gasteiger partial charge in [0.2, 0.25) is 5.91 Å². The first-order chi connectivity index (χ1) is 17.1. The van der Waals surface area contributed by atoms with Gasteiger partial charge in [0.05, 0.1) is 23.5 Å². The topological polar surface area (TPSA) is 98.3 Å². The number of amides is 1. The molecule has 2 fully saturated rings. The fraction of sp³-hybridized carbons (Fsp3) is 0.556. The Morgan fingerprint density at radius 3 is 2.67 bits per heavy atom. The Morgan fingerprint density at radius 2 is 2.06 bits per heavy atom. The molecule has 2 aliphatic rings. The first-order valence-corrected chi connectivity index (χ1v) is 13.8. The molecule has 4 atom stereocenters. The van der Waals surface area contributed by atoms with Gasteiger partial charge < -0.3 is 19.9 Å². The number of carbonyl (C=O) groups is 1. The van der Waals surface area contributed by atoms with Gasteiger partial charge in [0, 0.05) is 31.2 Å². The van der Waals surface area contributed by atoms with Gasteiger partial charge in [-0.3, -0.25) is 9.78 Å². The van der Waals surface area contributed by atoms with Crippen LogP contribution in [-0.4, -0.2) is 46.0 Å². The molecule has 1 aromatic heterocycles. The SMILES string of the molecule is CO[C@H]1CN[C@@H](C(=O)Nc2cc(C(CCC3CC3)(N[S@@+]([O-])C(C)(C)C)c3ccccn3)ccc2F)C1. The van der Waals surface area contributed by atoms with Crippen LogP contribution < -0.4 is 15.4 Å². The molecule has 9 heteroatoms. The van der Waals surface area contributed by atoms with E-state index in [1.54, 1.807) is 25.4 Å². The fourth-order valence-electron chi connectivity index (χ4n) is 4.53. The van der Waals surface area contributed by atoms with Gasteiger partial charge in [-0.05, 0) is 75.8 Å². The lowest BCUT2D eigenvalue weighted by Crippen LogP contribution is -2.52.